The molecule has 0 atom stereocenters. The number of hydrogen-bond acceptors (Lipinski definition) is 0. The Morgan fingerprint density at radius 2 is 2.00 bits per heavy atom. The molecule has 0 spiro atoms. The second-order valence-corrected chi connectivity index (χ2v) is 3.62. The van der Waals surface area contributed by atoms with Gasteiger partial charge in [0.2, 0.25) is 0 Å². The second kappa shape index (κ2) is 7.15. The third-order valence-electron chi connectivity index (χ3n) is 1.86. The van der Waals surface area contributed by atoms with Gasteiger partial charge in [-0.25, -0.2) is 0 Å². The van der Waals surface area contributed by atoms with Crippen molar-refractivity contribution in [3.8, 4) is 0 Å². The van der Waals surface area contributed by atoms with E-state index in [-0.39, 0.29) is 0 Å². The molecule has 0 saturated carbocycles. The molecule has 0 bridgehead atoms. The van der Waals surface area contributed by atoms with Crippen LogP contribution in [0.1, 0.15) is 47.0 Å². The monoisotopic (exact) mass is 166 g/mol. The fraction of sp³-hybridized carbons (Fsp3) is 0.667. The van der Waals surface area contributed by atoms with E-state index >= 15 is 0 Å². The maximum atomic E-state index is 2.32. The molecule has 0 nitrogen and oxygen atoms in total. The second-order valence-electron chi connectivity index (χ2n) is 3.62. The molecule has 0 aliphatic carbocycles. The van der Waals surface area contributed by atoms with E-state index in [4.69, 9.17) is 0 Å². The van der Waals surface area contributed by atoms with Crippen LogP contribution in [0.5, 0.6) is 0 Å². The van der Waals surface area contributed by atoms with Crippen LogP contribution in [0, 0.1) is 5.92 Å². The minimum absolute atomic E-state index is 0.815. The van der Waals surface area contributed by atoms with Gasteiger partial charge in [-0.2, -0.15) is 0 Å². The number of hydrogen-bond donors (Lipinski definition) is 0. The molecule has 0 aromatic carbocycles. The molecule has 70 valence electrons. The zero-order valence-electron chi connectivity index (χ0n) is 8.93. The lowest BCUT2D eigenvalue weighted by molar-refractivity contribution is 0.587. The van der Waals surface area contributed by atoms with Gasteiger partial charge < -0.3 is 0 Å². The standard InChI is InChI=1S/C12H22/c1-5-7-12(8-6-2)10-9-11(3)4/h5,7-8,11H,6,9-10H2,1-4H3/b7-5-,12-8+. The van der Waals surface area contributed by atoms with Crippen LogP contribution in [0.4, 0.5) is 0 Å². The third kappa shape index (κ3) is 6.21. The van der Waals surface area contributed by atoms with Crippen LogP contribution in [-0.4, -0.2) is 0 Å². The molecule has 0 aliphatic rings. The van der Waals surface area contributed by atoms with Gasteiger partial charge in [0.25, 0.3) is 0 Å². The van der Waals surface area contributed by atoms with Crippen LogP contribution in [0.3, 0.4) is 0 Å². The fourth-order valence-electron chi connectivity index (χ4n) is 1.19. The Morgan fingerprint density at radius 3 is 2.42 bits per heavy atom. The molecule has 0 aromatic rings. The Labute approximate surface area is 77.4 Å². The summed E-state index contributed by atoms with van der Waals surface area (Å²) in [7, 11) is 0. The van der Waals surface area contributed by atoms with Crippen molar-refractivity contribution < 1.29 is 0 Å². The highest BCUT2D eigenvalue weighted by Gasteiger charge is 1.95. The van der Waals surface area contributed by atoms with Gasteiger partial charge in [0.15, 0.2) is 0 Å². The molecule has 0 aromatic heterocycles. The van der Waals surface area contributed by atoms with Crippen molar-refractivity contribution in [2.24, 2.45) is 5.92 Å². The van der Waals surface area contributed by atoms with Gasteiger partial charge in [0.05, 0.1) is 0 Å². The molecular weight excluding hydrogens is 144 g/mol. The zero-order valence-corrected chi connectivity index (χ0v) is 8.93. The van der Waals surface area contributed by atoms with E-state index < -0.39 is 0 Å². The lowest BCUT2D eigenvalue weighted by Gasteiger charge is -2.04. The van der Waals surface area contributed by atoms with Gasteiger partial charge in [-0.05, 0) is 32.1 Å². The first kappa shape index (κ1) is 11.5. The highest BCUT2D eigenvalue weighted by molar-refractivity contribution is 5.17. The van der Waals surface area contributed by atoms with Crippen molar-refractivity contribution in [2.45, 2.75) is 47.0 Å². The average Bonchev–Trinajstić information content (AvgIpc) is 2.01. The minimum atomic E-state index is 0.815. The summed E-state index contributed by atoms with van der Waals surface area (Å²) in [6.07, 6.45) is 10.4. The lowest BCUT2D eigenvalue weighted by atomic mass is 10.0. The van der Waals surface area contributed by atoms with Crippen molar-refractivity contribution >= 4 is 0 Å². The van der Waals surface area contributed by atoms with E-state index in [1.165, 1.54) is 18.4 Å². The molecule has 0 fully saturated rings. The van der Waals surface area contributed by atoms with Gasteiger partial charge in [-0.3, -0.25) is 0 Å². The van der Waals surface area contributed by atoms with Crippen LogP contribution in [-0.2, 0) is 0 Å². The third-order valence-corrected chi connectivity index (χ3v) is 1.86. The fourth-order valence-corrected chi connectivity index (χ4v) is 1.19. The van der Waals surface area contributed by atoms with E-state index in [0.29, 0.717) is 0 Å². The highest BCUT2D eigenvalue weighted by Crippen LogP contribution is 2.13. The van der Waals surface area contributed by atoms with Gasteiger partial charge in [-0.1, -0.05) is 44.6 Å². The Kier molecular flexibility index (Phi) is 6.84. The summed E-state index contributed by atoms with van der Waals surface area (Å²) in [4.78, 5) is 0. The van der Waals surface area contributed by atoms with E-state index in [0.717, 1.165) is 12.3 Å². The summed E-state index contributed by atoms with van der Waals surface area (Å²) >= 11 is 0. The molecule has 0 N–H and O–H groups in total. The Balaban J connectivity index is 3.88. The maximum Gasteiger partial charge on any atom is -0.0280 e. The van der Waals surface area contributed by atoms with E-state index in [1.54, 1.807) is 0 Å². The SMILES string of the molecule is C/C=C\C(=C/CC)CCC(C)C. The largest absolute Gasteiger partial charge is 0.0874 e. The van der Waals surface area contributed by atoms with Crippen molar-refractivity contribution in [2.75, 3.05) is 0 Å². The molecule has 0 heteroatoms. The van der Waals surface area contributed by atoms with E-state index in [1.807, 2.05) is 0 Å². The molecule has 0 radical (unpaired) electrons. The molecule has 0 rings (SSSR count). The van der Waals surface area contributed by atoms with Crippen LogP contribution in [0.15, 0.2) is 23.8 Å². The summed E-state index contributed by atoms with van der Waals surface area (Å²) in [6.45, 7) is 8.83. The van der Waals surface area contributed by atoms with Crippen LogP contribution in [0.25, 0.3) is 0 Å². The molecule has 0 aliphatic heterocycles. The zero-order chi connectivity index (χ0) is 9.40. The van der Waals surface area contributed by atoms with E-state index in [9.17, 15) is 0 Å². The number of allylic oxidation sites excluding steroid dienone is 4. The first-order valence-electron chi connectivity index (χ1n) is 5.02. The van der Waals surface area contributed by atoms with Crippen LogP contribution in [0.2, 0.25) is 0 Å². The van der Waals surface area contributed by atoms with Crippen LogP contribution < -0.4 is 0 Å². The average molecular weight is 166 g/mol. The summed E-state index contributed by atoms with van der Waals surface area (Å²) in [5, 5.41) is 0. The molecule has 0 unspecified atom stereocenters. The summed E-state index contributed by atoms with van der Waals surface area (Å²) in [5.41, 5.74) is 1.49. The van der Waals surface area contributed by atoms with Crippen LogP contribution >= 0.6 is 0 Å². The lowest BCUT2D eigenvalue weighted by Crippen LogP contribution is -1.88. The molecular formula is C12H22. The smallest absolute Gasteiger partial charge is 0.0280 e. The van der Waals surface area contributed by atoms with Crippen molar-refractivity contribution in [3.63, 3.8) is 0 Å². The van der Waals surface area contributed by atoms with E-state index in [2.05, 4.69) is 45.9 Å². The van der Waals surface area contributed by atoms with Gasteiger partial charge in [0.1, 0.15) is 0 Å². The Bertz CT molecular complexity index is 149. The first-order chi connectivity index (χ1) is 5.70. The predicted molar refractivity (Wildman–Crippen MR) is 57.3 cm³/mol. The van der Waals surface area contributed by atoms with Gasteiger partial charge >= 0.3 is 0 Å². The number of rotatable bonds is 5. The van der Waals surface area contributed by atoms with Crippen molar-refractivity contribution in [3.05, 3.63) is 23.8 Å². The highest BCUT2D eigenvalue weighted by atomic mass is 14.0. The quantitative estimate of drug-likeness (QED) is 0.533. The molecule has 12 heavy (non-hydrogen) atoms. The summed E-state index contributed by atoms with van der Waals surface area (Å²) in [6, 6.07) is 0. The first-order valence-corrected chi connectivity index (χ1v) is 5.02. The maximum absolute atomic E-state index is 2.32. The molecule has 0 amide bonds. The van der Waals surface area contributed by atoms with Gasteiger partial charge in [0, 0.05) is 0 Å². The molecule has 0 saturated heterocycles. The predicted octanol–water partition coefficient (Wildman–Crippen LogP) is 4.34. The van der Waals surface area contributed by atoms with Crippen molar-refractivity contribution in [1.29, 1.82) is 0 Å². The Hall–Kier alpha value is -0.520. The topological polar surface area (TPSA) is 0 Å². The summed E-state index contributed by atoms with van der Waals surface area (Å²) < 4.78 is 0. The van der Waals surface area contributed by atoms with Crippen molar-refractivity contribution in [1.82, 2.24) is 0 Å². The minimum Gasteiger partial charge on any atom is -0.0874 e. The Morgan fingerprint density at radius 1 is 1.33 bits per heavy atom. The normalized spacial score (nSPS) is 13.2. The van der Waals surface area contributed by atoms with Gasteiger partial charge in [-0.15, -0.1) is 0 Å². The molecule has 0 heterocycles. The summed E-state index contributed by atoms with van der Waals surface area (Å²) in [5.74, 6) is 0.815.